The number of aliphatic hydroxyl groups excluding tert-OH is 1. The van der Waals surface area contributed by atoms with E-state index in [9.17, 15) is 5.11 Å². The van der Waals surface area contributed by atoms with Crippen molar-refractivity contribution in [2.24, 2.45) is 0 Å². The molecule has 16 heavy (non-hydrogen) atoms. The van der Waals surface area contributed by atoms with Crippen molar-refractivity contribution in [1.29, 1.82) is 0 Å². The van der Waals surface area contributed by atoms with E-state index in [1.165, 1.54) is 0 Å². The minimum atomic E-state index is -0.737. The third-order valence-corrected chi connectivity index (χ3v) is 2.29. The Morgan fingerprint density at radius 2 is 2.12 bits per heavy atom. The molecule has 0 aliphatic carbocycles. The Labute approximate surface area is 96.6 Å². The lowest BCUT2D eigenvalue weighted by Gasteiger charge is -2.30. The predicted octanol–water partition coefficient (Wildman–Crippen LogP) is 1.17. The molecule has 2 N–H and O–H groups in total. The van der Waals surface area contributed by atoms with E-state index >= 15 is 0 Å². The van der Waals surface area contributed by atoms with Gasteiger partial charge in [-0.05, 0) is 32.9 Å². The zero-order chi connectivity index (χ0) is 12.2. The lowest BCUT2D eigenvalue weighted by atomic mass is 10.1. The summed E-state index contributed by atoms with van der Waals surface area (Å²) < 4.78 is 0. The second kappa shape index (κ2) is 5.27. The number of nitrogens with zero attached hydrogens (tertiary/aromatic N) is 2. The van der Waals surface area contributed by atoms with Gasteiger partial charge in [-0.15, -0.1) is 0 Å². The van der Waals surface area contributed by atoms with Crippen molar-refractivity contribution >= 4 is 5.69 Å². The van der Waals surface area contributed by atoms with Crippen LogP contribution in [-0.2, 0) is 6.61 Å². The van der Waals surface area contributed by atoms with Gasteiger partial charge in [0.25, 0.3) is 0 Å². The molecular weight excluding hydrogens is 204 g/mol. The van der Waals surface area contributed by atoms with E-state index in [2.05, 4.69) is 9.88 Å². The monoisotopic (exact) mass is 224 g/mol. The topological polar surface area (TPSA) is 56.6 Å². The molecule has 90 valence electrons. The highest BCUT2D eigenvalue weighted by Crippen LogP contribution is 2.17. The lowest BCUT2D eigenvalue weighted by molar-refractivity contribution is 0.0876. The van der Waals surface area contributed by atoms with Crippen molar-refractivity contribution in [3.8, 4) is 0 Å². The molecule has 0 atom stereocenters. The summed E-state index contributed by atoms with van der Waals surface area (Å²) in [5, 5.41) is 18.8. The van der Waals surface area contributed by atoms with Crippen molar-refractivity contribution < 1.29 is 10.2 Å². The Morgan fingerprint density at radius 1 is 1.44 bits per heavy atom. The molecule has 4 heteroatoms. The number of hydrogen-bond donors (Lipinski definition) is 2. The van der Waals surface area contributed by atoms with Crippen LogP contribution in [0.3, 0.4) is 0 Å². The van der Waals surface area contributed by atoms with Crippen LogP contribution < -0.4 is 4.90 Å². The maximum Gasteiger partial charge on any atom is 0.0853 e. The second-order valence-corrected chi connectivity index (χ2v) is 4.49. The molecule has 0 saturated heterocycles. The van der Waals surface area contributed by atoms with Crippen LogP contribution in [0.4, 0.5) is 5.69 Å². The molecule has 0 saturated carbocycles. The van der Waals surface area contributed by atoms with Gasteiger partial charge in [-0.2, -0.15) is 0 Å². The molecule has 4 nitrogen and oxygen atoms in total. The summed E-state index contributed by atoms with van der Waals surface area (Å²) in [7, 11) is 0. The average molecular weight is 224 g/mol. The number of anilines is 1. The largest absolute Gasteiger partial charge is 0.390 e. The number of hydrogen-bond acceptors (Lipinski definition) is 4. The molecule has 1 rings (SSSR count). The Bertz CT molecular complexity index is 334. The molecule has 0 bridgehead atoms. The van der Waals surface area contributed by atoms with Gasteiger partial charge in [-0.25, -0.2) is 0 Å². The van der Waals surface area contributed by atoms with Gasteiger partial charge in [-0.3, -0.25) is 4.98 Å². The van der Waals surface area contributed by atoms with Gasteiger partial charge in [0, 0.05) is 25.0 Å². The van der Waals surface area contributed by atoms with Crippen LogP contribution in [-0.4, -0.2) is 33.9 Å². The fraction of sp³-hybridized carbons (Fsp3) is 0.583. The Balaban J connectivity index is 2.86. The molecule has 1 aromatic heterocycles. The van der Waals surface area contributed by atoms with Crippen molar-refractivity contribution in [3.63, 3.8) is 0 Å². The number of likely N-dealkylation sites (N-methyl/N-ethyl adjacent to an activating group) is 1. The maximum atomic E-state index is 9.80. The van der Waals surface area contributed by atoms with Gasteiger partial charge in [-0.1, -0.05) is 0 Å². The van der Waals surface area contributed by atoms with Crippen LogP contribution in [0.2, 0.25) is 0 Å². The van der Waals surface area contributed by atoms with Crippen LogP contribution in [0.15, 0.2) is 18.3 Å². The van der Waals surface area contributed by atoms with Crippen molar-refractivity contribution in [3.05, 3.63) is 24.0 Å². The van der Waals surface area contributed by atoms with E-state index in [0.29, 0.717) is 12.2 Å². The van der Waals surface area contributed by atoms with E-state index in [4.69, 9.17) is 5.11 Å². The molecular formula is C12H20N2O2. The van der Waals surface area contributed by atoms with Gasteiger partial charge in [0.05, 0.1) is 17.9 Å². The van der Waals surface area contributed by atoms with Gasteiger partial charge in [0.1, 0.15) is 0 Å². The van der Waals surface area contributed by atoms with Crippen LogP contribution in [0.25, 0.3) is 0 Å². The molecule has 0 unspecified atom stereocenters. The molecule has 1 aromatic rings. The zero-order valence-corrected chi connectivity index (χ0v) is 10.1. The Morgan fingerprint density at radius 3 is 2.62 bits per heavy atom. The summed E-state index contributed by atoms with van der Waals surface area (Å²) in [6.07, 6.45) is 1.67. The first-order chi connectivity index (χ1) is 7.46. The molecule has 0 fully saturated rings. The van der Waals surface area contributed by atoms with Crippen LogP contribution in [0.1, 0.15) is 26.5 Å². The fourth-order valence-electron chi connectivity index (χ4n) is 1.60. The molecule has 0 aromatic carbocycles. The van der Waals surface area contributed by atoms with E-state index in [1.54, 1.807) is 20.0 Å². The third kappa shape index (κ3) is 3.79. The fourth-order valence-corrected chi connectivity index (χ4v) is 1.60. The average Bonchev–Trinajstić information content (AvgIpc) is 2.25. The van der Waals surface area contributed by atoms with Crippen LogP contribution in [0.5, 0.6) is 0 Å². The zero-order valence-electron chi connectivity index (χ0n) is 10.1. The molecule has 0 amide bonds. The highest BCUT2D eigenvalue weighted by Gasteiger charge is 2.17. The van der Waals surface area contributed by atoms with Gasteiger partial charge >= 0.3 is 0 Å². The van der Waals surface area contributed by atoms with Gasteiger partial charge < -0.3 is 15.1 Å². The number of pyridine rings is 1. The molecule has 0 spiro atoms. The Kier molecular flexibility index (Phi) is 4.26. The van der Waals surface area contributed by atoms with Gasteiger partial charge in [0.15, 0.2) is 0 Å². The van der Waals surface area contributed by atoms with Crippen LogP contribution >= 0.6 is 0 Å². The first-order valence-electron chi connectivity index (χ1n) is 5.49. The van der Waals surface area contributed by atoms with Crippen molar-refractivity contribution in [1.82, 2.24) is 4.98 Å². The smallest absolute Gasteiger partial charge is 0.0853 e. The SMILES string of the molecule is CCN(CC(C)(C)O)c1ccnc(CO)c1. The van der Waals surface area contributed by atoms with Crippen molar-refractivity contribution in [2.75, 3.05) is 18.0 Å². The van der Waals surface area contributed by atoms with Gasteiger partial charge in [0.2, 0.25) is 0 Å². The maximum absolute atomic E-state index is 9.80. The number of aliphatic hydroxyl groups is 2. The van der Waals surface area contributed by atoms with E-state index < -0.39 is 5.60 Å². The highest BCUT2D eigenvalue weighted by molar-refractivity contribution is 5.46. The normalized spacial score (nSPS) is 11.6. The number of aromatic nitrogens is 1. The quantitative estimate of drug-likeness (QED) is 0.788. The first-order valence-corrected chi connectivity index (χ1v) is 5.49. The molecule has 0 aliphatic heterocycles. The molecule has 0 radical (unpaired) electrons. The summed E-state index contributed by atoms with van der Waals surface area (Å²) in [4.78, 5) is 6.09. The highest BCUT2D eigenvalue weighted by atomic mass is 16.3. The summed E-state index contributed by atoms with van der Waals surface area (Å²) in [5.41, 5.74) is 0.883. The first kappa shape index (κ1) is 12.9. The summed E-state index contributed by atoms with van der Waals surface area (Å²) in [5.74, 6) is 0. The van der Waals surface area contributed by atoms with E-state index in [1.807, 2.05) is 19.1 Å². The summed E-state index contributed by atoms with van der Waals surface area (Å²) in [6.45, 7) is 6.89. The van der Waals surface area contributed by atoms with Crippen LogP contribution in [0, 0.1) is 0 Å². The Hall–Kier alpha value is -1.13. The minimum Gasteiger partial charge on any atom is -0.390 e. The van der Waals surface area contributed by atoms with Crippen molar-refractivity contribution in [2.45, 2.75) is 33.0 Å². The third-order valence-electron chi connectivity index (χ3n) is 2.29. The van der Waals surface area contributed by atoms with E-state index in [0.717, 1.165) is 12.2 Å². The predicted molar refractivity (Wildman–Crippen MR) is 64.3 cm³/mol. The lowest BCUT2D eigenvalue weighted by Crippen LogP contribution is -2.38. The summed E-state index contributed by atoms with van der Waals surface area (Å²) >= 11 is 0. The van der Waals surface area contributed by atoms with E-state index in [-0.39, 0.29) is 6.61 Å². The molecule has 1 heterocycles. The minimum absolute atomic E-state index is 0.0616. The molecule has 0 aliphatic rings. The summed E-state index contributed by atoms with van der Waals surface area (Å²) in [6, 6.07) is 3.73. The number of rotatable bonds is 5. The second-order valence-electron chi connectivity index (χ2n) is 4.49. The standard InChI is InChI=1S/C12H20N2O2/c1-4-14(9-12(2,3)16)11-5-6-13-10(7-11)8-15/h5-7,15-16H,4,8-9H2,1-3H3.